The highest BCUT2D eigenvalue weighted by Gasteiger charge is 2.27. The fourth-order valence-electron chi connectivity index (χ4n) is 3.72. The second-order valence-corrected chi connectivity index (χ2v) is 7.93. The molecular formula is C28H26O4. The zero-order valence-electron chi connectivity index (χ0n) is 18.2. The van der Waals surface area contributed by atoms with E-state index >= 15 is 0 Å². The second kappa shape index (κ2) is 9.06. The summed E-state index contributed by atoms with van der Waals surface area (Å²) >= 11 is 0. The first-order valence-electron chi connectivity index (χ1n) is 10.6. The summed E-state index contributed by atoms with van der Waals surface area (Å²) in [7, 11) is 0. The molecule has 0 fully saturated rings. The van der Waals surface area contributed by atoms with Gasteiger partial charge >= 0.3 is 0 Å². The van der Waals surface area contributed by atoms with Crippen molar-refractivity contribution in [2.75, 3.05) is 0 Å². The van der Waals surface area contributed by atoms with Gasteiger partial charge in [-0.3, -0.25) is 0 Å². The zero-order chi connectivity index (χ0) is 22.6. The maximum Gasteiger partial charge on any atom is 0.131 e. The van der Waals surface area contributed by atoms with E-state index in [1.54, 1.807) is 36.4 Å². The number of phenols is 2. The first kappa shape index (κ1) is 21.3. The molecule has 0 heterocycles. The molecule has 4 aromatic rings. The molecule has 32 heavy (non-hydrogen) atoms. The number of phenolic OH excluding ortho intramolecular Hbond substituents is 2. The standard InChI is InChI=1S/C28H26O4/c1-3-28(2,20-10-14-24(15-11-20)31-26-8-4-6-22(29)18-26)21-12-16-25(17-13-21)32-27-9-5-7-23(30)19-27/h4-19,29-30H,3H2,1-2H3. The van der Waals surface area contributed by atoms with Crippen molar-refractivity contribution in [3.63, 3.8) is 0 Å². The number of benzene rings is 4. The normalized spacial score (nSPS) is 11.2. The van der Waals surface area contributed by atoms with Crippen LogP contribution in [0.15, 0.2) is 97.1 Å². The van der Waals surface area contributed by atoms with Gasteiger partial charge in [-0.1, -0.05) is 50.2 Å². The lowest BCUT2D eigenvalue weighted by molar-refractivity contribution is 0.454. The Morgan fingerprint density at radius 3 is 1.34 bits per heavy atom. The van der Waals surface area contributed by atoms with Gasteiger partial charge in [-0.05, 0) is 66.1 Å². The van der Waals surface area contributed by atoms with E-state index in [4.69, 9.17) is 9.47 Å². The molecule has 0 spiro atoms. The summed E-state index contributed by atoms with van der Waals surface area (Å²) in [5.41, 5.74) is 2.20. The minimum absolute atomic E-state index is 0.174. The Morgan fingerprint density at radius 2 is 1.00 bits per heavy atom. The molecule has 0 radical (unpaired) electrons. The van der Waals surface area contributed by atoms with E-state index in [0.29, 0.717) is 23.0 Å². The summed E-state index contributed by atoms with van der Waals surface area (Å²) in [4.78, 5) is 0. The van der Waals surface area contributed by atoms with Crippen LogP contribution in [0.1, 0.15) is 31.4 Å². The highest BCUT2D eigenvalue weighted by molar-refractivity contribution is 5.44. The Hall–Kier alpha value is -3.92. The van der Waals surface area contributed by atoms with E-state index in [2.05, 4.69) is 38.1 Å². The molecule has 0 bridgehead atoms. The summed E-state index contributed by atoms with van der Waals surface area (Å²) in [6, 6.07) is 29.7. The lowest BCUT2D eigenvalue weighted by atomic mass is 9.74. The second-order valence-electron chi connectivity index (χ2n) is 7.93. The Morgan fingerprint density at radius 1 is 0.594 bits per heavy atom. The van der Waals surface area contributed by atoms with Gasteiger partial charge in [-0.15, -0.1) is 0 Å². The fourth-order valence-corrected chi connectivity index (χ4v) is 3.72. The molecule has 0 unspecified atom stereocenters. The van der Waals surface area contributed by atoms with E-state index in [0.717, 1.165) is 6.42 Å². The molecule has 0 aliphatic carbocycles. The van der Waals surface area contributed by atoms with Crippen LogP contribution in [0, 0.1) is 0 Å². The fraction of sp³-hybridized carbons (Fsp3) is 0.143. The molecule has 4 aromatic carbocycles. The van der Waals surface area contributed by atoms with Crippen molar-refractivity contribution in [2.24, 2.45) is 0 Å². The average Bonchev–Trinajstić information content (AvgIpc) is 2.80. The molecule has 0 saturated heterocycles. The summed E-state index contributed by atoms with van der Waals surface area (Å²) in [6.07, 6.45) is 0.923. The largest absolute Gasteiger partial charge is 0.508 e. The van der Waals surface area contributed by atoms with Gasteiger partial charge in [0.05, 0.1) is 0 Å². The monoisotopic (exact) mass is 426 g/mol. The smallest absolute Gasteiger partial charge is 0.131 e. The van der Waals surface area contributed by atoms with Gasteiger partial charge < -0.3 is 19.7 Å². The Bertz CT molecular complexity index is 1090. The van der Waals surface area contributed by atoms with Crippen molar-refractivity contribution in [3.05, 3.63) is 108 Å². The molecule has 0 saturated carbocycles. The van der Waals surface area contributed by atoms with Gasteiger partial charge in [0.2, 0.25) is 0 Å². The van der Waals surface area contributed by atoms with Crippen molar-refractivity contribution < 1.29 is 19.7 Å². The lowest BCUT2D eigenvalue weighted by Crippen LogP contribution is -2.22. The quantitative estimate of drug-likeness (QED) is 0.323. The van der Waals surface area contributed by atoms with E-state index in [9.17, 15) is 10.2 Å². The van der Waals surface area contributed by atoms with Crippen molar-refractivity contribution in [3.8, 4) is 34.5 Å². The number of hydrogen-bond donors (Lipinski definition) is 2. The van der Waals surface area contributed by atoms with Crippen LogP contribution in [0.4, 0.5) is 0 Å². The lowest BCUT2D eigenvalue weighted by Gasteiger charge is -2.30. The number of rotatable bonds is 7. The molecular weight excluding hydrogens is 400 g/mol. The minimum Gasteiger partial charge on any atom is -0.508 e. The molecule has 0 aliphatic heterocycles. The minimum atomic E-state index is -0.174. The third-order valence-electron chi connectivity index (χ3n) is 5.80. The summed E-state index contributed by atoms with van der Waals surface area (Å²) in [6.45, 7) is 4.40. The highest BCUT2D eigenvalue weighted by atomic mass is 16.5. The molecule has 0 amide bonds. The van der Waals surface area contributed by atoms with Gasteiger partial charge in [-0.25, -0.2) is 0 Å². The molecule has 0 aliphatic rings. The number of aromatic hydroxyl groups is 2. The first-order valence-corrected chi connectivity index (χ1v) is 10.6. The van der Waals surface area contributed by atoms with Gasteiger partial charge in [0.15, 0.2) is 0 Å². The summed E-state index contributed by atoms with van der Waals surface area (Å²) < 4.78 is 11.7. The van der Waals surface area contributed by atoms with E-state index in [-0.39, 0.29) is 16.9 Å². The maximum atomic E-state index is 9.61. The van der Waals surface area contributed by atoms with Crippen LogP contribution in [0.3, 0.4) is 0 Å². The summed E-state index contributed by atoms with van der Waals surface area (Å²) in [5.74, 6) is 2.97. The van der Waals surface area contributed by atoms with Crippen LogP contribution in [0.25, 0.3) is 0 Å². The van der Waals surface area contributed by atoms with Crippen molar-refractivity contribution in [1.82, 2.24) is 0 Å². The Kier molecular flexibility index (Phi) is 6.04. The predicted molar refractivity (Wildman–Crippen MR) is 126 cm³/mol. The van der Waals surface area contributed by atoms with Crippen LogP contribution in [-0.2, 0) is 5.41 Å². The molecule has 0 aromatic heterocycles. The van der Waals surface area contributed by atoms with E-state index < -0.39 is 0 Å². The highest BCUT2D eigenvalue weighted by Crippen LogP contribution is 2.37. The molecule has 4 heteroatoms. The summed E-state index contributed by atoms with van der Waals surface area (Å²) in [5, 5.41) is 19.2. The topological polar surface area (TPSA) is 58.9 Å². The maximum absolute atomic E-state index is 9.61. The molecule has 0 atom stereocenters. The SMILES string of the molecule is CCC(C)(c1ccc(Oc2cccc(O)c2)cc1)c1ccc(Oc2cccc(O)c2)cc1. The third-order valence-corrected chi connectivity index (χ3v) is 5.80. The molecule has 2 N–H and O–H groups in total. The van der Waals surface area contributed by atoms with Crippen molar-refractivity contribution >= 4 is 0 Å². The van der Waals surface area contributed by atoms with Crippen LogP contribution in [-0.4, -0.2) is 10.2 Å². The van der Waals surface area contributed by atoms with Crippen LogP contribution >= 0.6 is 0 Å². The number of ether oxygens (including phenoxy) is 2. The van der Waals surface area contributed by atoms with Crippen LogP contribution in [0.2, 0.25) is 0 Å². The molecule has 4 rings (SSSR count). The Labute approximate surface area is 188 Å². The Balaban J connectivity index is 1.52. The van der Waals surface area contributed by atoms with Crippen LogP contribution < -0.4 is 9.47 Å². The van der Waals surface area contributed by atoms with Crippen molar-refractivity contribution in [2.45, 2.75) is 25.7 Å². The molecule has 162 valence electrons. The van der Waals surface area contributed by atoms with Gasteiger partial charge in [0, 0.05) is 17.5 Å². The third kappa shape index (κ3) is 4.70. The molecule has 4 nitrogen and oxygen atoms in total. The van der Waals surface area contributed by atoms with Gasteiger partial charge in [0.25, 0.3) is 0 Å². The predicted octanol–water partition coefficient (Wildman–Crippen LogP) is 7.40. The number of hydrogen-bond acceptors (Lipinski definition) is 4. The van der Waals surface area contributed by atoms with Gasteiger partial charge in [0.1, 0.15) is 34.5 Å². The van der Waals surface area contributed by atoms with E-state index in [1.165, 1.54) is 11.1 Å². The van der Waals surface area contributed by atoms with E-state index in [1.807, 2.05) is 36.4 Å². The van der Waals surface area contributed by atoms with Crippen molar-refractivity contribution in [1.29, 1.82) is 0 Å². The first-order chi connectivity index (χ1) is 15.5. The zero-order valence-corrected chi connectivity index (χ0v) is 18.2. The average molecular weight is 427 g/mol. The van der Waals surface area contributed by atoms with Gasteiger partial charge in [-0.2, -0.15) is 0 Å². The van der Waals surface area contributed by atoms with Crippen LogP contribution in [0.5, 0.6) is 34.5 Å².